The van der Waals surface area contributed by atoms with Gasteiger partial charge in [0.25, 0.3) is 0 Å². The number of aliphatic carboxylic acids is 1. The number of hydrogen-bond acceptors (Lipinski definition) is 3. The normalized spacial score (nSPS) is 18.6. The molecular formula is C15H19ClN2O3. The van der Waals surface area contributed by atoms with Gasteiger partial charge in [0.2, 0.25) is 5.91 Å². The molecule has 1 amide bonds. The minimum absolute atomic E-state index is 0.0666. The van der Waals surface area contributed by atoms with Crippen LogP contribution < -0.4 is 5.32 Å². The highest BCUT2D eigenvalue weighted by Crippen LogP contribution is 2.15. The van der Waals surface area contributed by atoms with Crippen LogP contribution in [-0.2, 0) is 16.0 Å². The maximum absolute atomic E-state index is 11.8. The van der Waals surface area contributed by atoms with E-state index in [0.29, 0.717) is 31.1 Å². The summed E-state index contributed by atoms with van der Waals surface area (Å²) in [6, 6.07) is 7.55. The molecule has 1 aromatic carbocycles. The van der Waals surface area contributed by atoms with Crippen molar-refractivity contribution >= 4 is 23.5 Å². The number of halogens is 1. The Hall–Kier alpha value is -1.59. The summed E-state index contributed by atoms with van der Waals surface area (Å²) in [5.41, 5.74) is 1.08. The number of benzene rings is 1. The summed E-state index contributed by atoms with van der Waals surface area (Å²) in [6.07, 6.45) is 1.34. The monoisotopic (exact) mass is 310 g/mol. The standard InChI is InChI=1S/C15H19ClN2O3/c16-13-3-1-2-11(8-13)4-6-17-14(19)10-18-7-5-12(9-18)15(20)21/h1-3,8,12H,4-7,9-10H2,(H,17,19)(H,20,21). The minimum Gasteiger partial charge on any atom is -0.481 e. The molecular weight excluding hydrogens is 292 g/mol. The van der Waals surface area contributed by atoms with Crippen LogP contribution in [0.25, 0.3) is 0 Å². The molecule has 0 aromatic heterocycles. The molecule has 0 aliphatic carbocycles. The molecule has 1 aliphatic heterocycles. The van der Waals surface area contributed by atoms with Gasteiger partial charge in [-0.1, -0.05) is 23.7 Å². The van der Waals surface area contributed by atoms with Crippen LogP contribution in [0, 0.1) is 5.92 Å². The largest absolute Gasteiger partial charge is 0.481 e. The zero-order valence-electron chi connectivity index (χ0n) is 11.7. The smallest absolute Gasteiger partial charge is 0.307 e. The van der Waals surface area contributed by atoms with Crippen molar-refractivity contribution in [3.05, 3.63) is 34.9 Å². The molecule has 21 heavy (non-hydrogen) atoms. The van der Waals surface area contributed by atoms with Gasteiger partial charge in [-0.15, -0.1) is 0 Å². The summed E-state index contributed by atoms with van der Waals surface area (Å²) < 4.78 is 0. The third-order valence-corrected chi connectivity index (χ3v) is 3.85. The van der Waals surface area contributed by atoms with E-state index in [0.717, 1.165) is 12.0 Å². The number of carbonyl (C=O) groups excluding carboxylic acids is 1. The van der Waals surface area contributed by atoms with Crippen molar-refractivity contribution in [2.75, 3.05) is 26.2 Å². The molecule has 1 aromatic rings. The average molecular weight is 311 g/mol. The molecule has 1 heterocycles. The highest BCUT2D eigenvalue weighted by Gasteiger charge is 2.28. The van der Waals surface area contributed by atoms with Crippen molar-refractivity contribution in [3.63, 3.8) is 0 Å². The van der Waals surface area contributed by atoms with Crippen LogP contribution in [0.15, 0.2) is 24.3 Å². The molecule has 6 heteroatoms. The Morgan fingerprint density at radius 3 is 2.90 bits per heavy atom. The third-order valence-electron chi connectivity index (χ3n) is 3.61. The summed E-state index contributed by atoms with van der Waals surface area (Å²) in [4.78, 5) is 24.5. The van der Waals surface area contributed by atoms with Crippen LogP contribution in [0.3, 0.4) is 0 Å². The molecule has 2 rings (SSSR count). The first-order valence-electron chi connectivity index (χ1n) is 7.01. The molecule has 114 valence electrons. The maximum atomic E-state index is 11.8. The predicted octanol–water partition coefficient (Wildman–Crippen LogP) is 1.41. The molecule has 1 atom stereocenters. The van der Waals surface area contributed by atoms with Crippen molar-refractivity contribution in [2.45, 2.75) is 12.8 Å². The zero-order chi connectivity index (χ0) is 15.2. The summed E-state index contributed by atoms with van der Waals surface area (Å²) in [5.74, 6) is -1.19. The first kappa shape index (κ1) is 15.8. The zero-order valence-corrected chi connectivity index (χ0v) is 12.5. The van der Waals surface area contributed by atoms with Crippen LogP contribution in [0.4, 0.5) is 0 Å². The van der Waals surface area contributed by atoms with Crippen molar-refractivity contribution in [1.29, 1.82) is 0 Å². The summed E-state index contributed by atoms with van der Waals surface area (Å²) in [7, 11) is 0. The lowest BCUT2D eigenvalue weighted by Gasteiger charge is -2.14. The molecule has 1 aliphatic rings. The van der Waals surface area contributed by atoms with E-state index >= 15 is 0 Å². The lowest BCUT2D eigenvalue weighted by molar-refractivity contribution is -0.141. The van der Waals surface area contributed by atoms with E-state index in [1.807, 2.05) is 29.2 Å². The Labute approximate surface area is 128 Å². The topological polar surface area (TPSA) is 69.6 Å². The number of nitrogens with one attached hydrogen (secondary N) is 1. The highest BCUT2D eigenvalue weighted by atomic mass is 35.5. The summed E-state index contributed by atoms with van der Waals surface area (Å²) in [5, 5.41) is 12.5. The maximum Gasteiger partial charge on any atom is 0.307 e. The SMILES string of the molecule is O=C(CN1CCC(C(=O)O)C1)NCCc1cccc(Cl)c1. The number of carbonyl (C=O) groups is 2. The van der Waals surface area contributed by atoms with Crippen LogP contribution in [0.1, 0.15) is 12.0 Å². The number of likely N-dealkylation sites (tertiary alicyclic amines) is 1. The molecule has 2 N–H and O–H groups in total. The Morgan fingerprint density at radius 2 is 2.24 bits per heavy atom. The molecule has 1 unspecified atom stereocenters. The molecule has 1 fully saturated rings. The Bertz CT molecular complexity index is 521. The van der Waals surface area contributed by atoms with Crippen LogP contribution in [0.5, 0.6) is 0 Å². The Kier molecular flexibility index (Phi) is 5.59. The fraction of sp³-hybridized carbons (Fsp3) is 0.467. The molecule has 1 saturated heterocycles. The average Bonchev–Trinajstić information content (AvgIpc) is 2.87. The van der Waals surface area contributed by atoms with E-state index in [2.05, 4.69) is 5.32 Å². The van der Waals surface area contributed by atoms with E-state index in [1.165, 1.54) is 0 Å². The fourth-order valence-corrected chi connectivity index (χ4v) is 2.69. The van der Waals surface area contributed by atoms with Crippen molar-refractivity contribution < 1.29 is 14.7 Å². The highest BCUT2D eigenvalue weighted by molar-refractivity contribution is 6.30. The molecule has 0 radical (unpaired) electrons. The Balaban J connectivity index is 1.67. The predicted molar refractivity (Wildman–Crippen MR) is 80.3 cm³/mol. The van der Waals surface area contributed by atoms with Gasteiger partial charge in [-0.2, -0.15) is 0 Å². The second kappa shape index (κ2) is 7.43. The van der Waals surface area contributed by atoms with Crippen molar-refractivity contribution in [3.8, 4) is 0 Å². The van der Waals surface area contributed by atoms with E-state index in [4.69, 9.17) is 16.7 Å². The summed E-state index contributed by atoms with van der Waals surface area (Å²) in [6.45, 7) is 1.93. The molecule has 0 saturated carbocycles. The van der Waals surface area contributed by atoms with Gasteiger partial charge >= 0.3 is 5.97 Å². The van der Waals surface area contributed by atoms with Gasteiger partial charge in [0.15, 0.2) is 0 Å². The number of carboxylic acids is 1. The fourth-order valence-electron chi connectivity index (χ4n) is 2.48. The second-order valence-corrected chi connectivity index (χ2v) is 5.73. The van der Waals surface area contributed by atoms with Gasteiger partial charge in [-0.05, 0) is 37.1 Å². The Morgan fingerprint density at radius 1 is 1.43 bits per heavy atom. The number of rotatable bonds is 6. The van der Waals surface area contributed by atoms with Crippen molar-refractivity contribution in [1.82, 2.24) is 10.2 Å². The van der Waals surface area contributed by atoms with Crippen LogP contribution in [-0.4, -0.2) is 48.1 Å². The summed E-state index contributed by atoms with van der Waals surface area (Å²) >= 11 is 5.90. The quantitative estimate of drug-likeness (QED) is 0.833. The number of carboxylic acid groups (broad SMARTS) is 1. The molecule has 5 nitrogen and oxygen atoms in total. The first-order chi connectivity index (χ1) is 10.0. The van der Waals surface area contributed by atoms with Crippen molar-refractivity contribution in [2.24, 2.45) is 5.92 Å². The van der Waals surface area contributed by atoms with Gasteiger partial charge in [0, 0.05) is 18.1 Å². The first-order valence-corrected chi connectivity index (χ1v) is 7.38. The van der Waals surface area contributed by atoms with Gasteiger partial charge in [0.05, 0.1) is 12.5 Å². The van der Waals surface area contributed by atoms with Gasteiger partial charge < -0.3 is 10.4 Å². The van der Waals surface area contributed by atoms with Gasteiger partial charge in [-0.3, -0.25) is 14.5 Å². The van der Waals surface area contributed by atoms with Crippen LogP contribution in [0.2, 0.25) is 5.02 Å². The van der Waals surface area contributed by atoms with Gasteiger partial charge in [0.1, 0.15) is 0 Å². The van der Waals surface area contributed by atoms with E-state index in [1.54, 1.807) is 0 Å². The van der Waals surface area contributed by atoms with E-state index in [9.17, 15) is 9.59 Å². The van der Waals surface area contributed by atoms with Gasteiger partial charge in [-0.25, -0.2) is 0 Å². The lowest BCUT2D eigenvalue weighted by atomic mass is 10.1. The number of hydrogen-bond donors (Lipinski definition) is 2. The van der Waals surface area contributed by atoms with Crippen LogP contribution >= 0.6 is 11.6 Å². The molecule has 0 spiro atoms. The molecule has 0 bridgehead atoms. The lowest BCUT2D eigenvalue weighted by Crippen LogP contribution is -2.37. The third kappa shape index (κ3) is 5.02. The number of nitrogens with zero attached hydrogens (tertiary/aromatic N) is 1. The van der Waals surface area contributed by atoms with E-state index in [-0.39, 0.29) is 18.4 Å². The second-order valence-electron chi connectivity index (χ2n) is 5.29. The van der Waals surface area contributed by atoms with E-state index < -0.39 is 5.97 Å². The minimum atomic E-state index is -0.779. The number of amides is 1.